The Morgan fingerprint density at radius 3 is 3.04 bits per heavy atom. The Morgan fingerprint density at radius 2 is 2.14 bits per heavy atom. The summed E-state index contributed by atoms with van der Waals surface area (Å²) in [6.45, 7) is 7.01. The first-order chi connectivity index (χ1) is 13.7. The molecule has 0 amide bonds. The quantitative estimate of drug-likeness (QED) is 0.434. The highest BCUT2D eigenvalue weighted by atomic mass is 32.1. The SMILES string of the molecule is CCN1CCC[C@@H](c2cc3c(Nc4ccc5scnc5c4)ccnc3s2)[C@@H]1C. The van der Waals surface area contributed by atoms with Crippen molar-refractivity contribution in [3.05, 3.63) is 46.9 Å². The summed E-state index contributed by atoms with van der Waals surface area (Å²) in [7, 11) is 0. The number of nitrogens with zero attached hydrogens (tertiary/aromatic N) is 3. The van der Waals surface area contributed by atoms with Crippen LogP contribution in [-0.4, -0.2) is 34.0 Å². The number of piperidine rings is 1. The van der Waals surface area contributed by atoms with E-state index in [1.54, 1.807) is 11.3 Å². The summed E-state index contributed by atoms with van der Waals surface area (Å²) < 4.78 is 1.22. The summed E-state index contributed by atoms with van der Waals surface area (Å²) in [6.07, 6.45) is 4.46. The summed E-state index contributed by atoms with van der Waals surface area (Å²) in [6, 6.07) is 11.4. The van der Waals surface area contributed by atoms with Gasteiger partial charge in [-0.2, -0.15) is 0 Å². The normalized spacial score (nSPS) is 20.8. The molecule has 4 heterocycles. The van der Waals surface area contributed by atoms with Crippen molar-refractivity contribution < 1.29 is 0 Å². The summed E-state index contributed by atoms with van der Waals surface area (Å²) >= 11 is 3.54. The number of thiazole rings is 1. The second kappa shape index (κ2) is 7.43. The first kappa shape index (κ1) is 18.0. The van der Waals surface area contributed by atoms with E-state index in [1.165, 1.54) is 34.3 Å². The Labute approximate surface area is 173 Å². The van der Waals surface area contributed by atoms with E-state index in [2.05, 4.69) is 64.4 Å². The van der Waals surface area contributed by atoms with Gasteiger partial charge in [-0.25, -0.2) is 9.97 Å². The van der Waals surface area contributed by atoms with Gasteiger partial charge in [-0.3, -0.25) is 0 Å². The number of fused-ring (bicyclic) bond motifs is 2. The lowest BCUT2D eigenvalue weighted by Gasteiger charge is -2.38. The molecule has 3 aromatic heterocycles. The van der Waals surface area contributed by atoms with Crippen molar-refractivity contribution in [1.29, 1.82) is 0 Å². The molecule has 1 aliphatic rings. The third kappa shape index (κ3) is 3.19. The lowest BCUT2D eigenvalue weighted by Crippen LogP contribution is -2.41. The fourth-order valence-corrected chi connectivity index (χ4v) is 6.30. The third-order valence-corrected chi connectivity index (χ3v) is 7.94. The van der Waals surface area contributed by atoms with Gasteiger partial charge < -0.3 is 10.2 Å². The number of rotatable bonds is 4. The molecule has 28 heavy (non-hydrogen) atoms. The van der Waals surface area contributed by atoms with Crippen LogP contribution < -0.4 is 5.32 Å². The van der Waals surface area contributed by atoms with Gasteiger partial charge in [0.1, 0.15) is 4.83 Å². The highest BCUT2D eigenvalue weighted by Gasteiger charge is 2.29. The third-order valence-electron chi connectivity index (χ3n) is 5.95. The van der Waals surface area contributed by atoms with E-state index in [4.69, 9.17) is 0 Å². The minimum absolute atomic E-state index is 0.593. The average Bonchev–Trinajstić information content (AvgIpc) is 3.35. The van der Waals surface area contributed by atoms with E-state index >= 15 is 0 Å². The highest BCUT2D eigenvalue weighted by Crippen LogP contribution is 2.40. The molecule has 0 spiro atoms. The van der Waals surface area contributed by atoms with Crippen LogP contribution >= 0.6 is 22.7 Å². The van der Waals surface area contributed by atoms with Crippen LogP contribution in [0.15, 0.2) is 42.0 Å². The molecule has 1 N–H and O–H groups in total. The summed E-state index contributed by atoms with van der Waals surface area (Å²) in [5.41, 5.74) is 5.14. The number of likely N-dealkylation sites (tertiary alicyclic amines) is 1. The molecule has 2 atom stereocenters. The molecule has 0 aliphatic carbocycles. The monoisotopic (exact) mass is 408 g/mol. The first-order valence-electron chi connectivity index (χ1n) is 9.95. The van der Waals surface area contributed by atoms with Gasteiger partial charge in [0.15, 0.2) is 0 Å². The first-order valence-corrected chi connectivity index (χ1v) is 11.7. The zero-order chi connectivity index (χ0) is 19.1. The highest BCUT2D eigenvalue weighted by molar-refractivity contribution is 7.18. The summed E-state index contributed by atoms with van der Waals surface area (Å²) in [5.74, 6) is 0.604. The van der Waals surface area contributed by atoms with Crippen LogP contribution in [0.1, 0.15) is 37.5 Å². The van der Waals surface area contributed by atoms with Crippen molar-refractivity contribution >= 4 is 54.5 Å². The summed E-state index contributed by atoms with van der Waals surface area (Å²) in [5, 5.41) is 4.82. The zero-order valence-corrected chi connectivity index (χ0v) is 17.8. The van der Waals surface area contributed by atoms with E-state index in [-0.39, 0.29) is 0 Å². The number of pyridine rings is 1. The predicted octanol–water partition coefficient (Wildman–Crippen LogP) is 6.24. The molecule has 0 radical (unpaired) electrons. The molecule has 0 unspecified atom stereocenters. The van der Waals surface area contributed by atoms with Crippen molar-refractivity contribution in [1.82, 2.24) is 14.9 Å². The predicted molar refractivity (Wildman–Crippen MR) is 121 cm³/mol. The molecule has 0 bridgehead atoms. The molecule has 1 aliphatic heterocycles. The van der Waals surface area contributed by atoms with Crippen LogP contribution in [0.5, 0.6) is 0 Å². The van der Waals surface area contributed by atoms with Crippen molar-refractivity contribution in [2.75, 3.05) is 18.4 Å². The van der Waals surface area contributed by atoms with Crippen LogP contribution in [-0.2, 0) is 0 Å². The second-order valence-electron chi connectivity index (χ2n) is 7.50. The number of hydrogen-bond acceptors (Lipinski definition) is 6. The molecule has 144 valence electrons. The number of anilines is 2. The standard InChI is InChI=1S/C22H24N4S2/c1-3-26-10-4-5-16(14(26)2)21-12-17-18(8-9-23-22(17)28-21)25-15-6-7-20-19(11-15)24-13-27-20/h6-9,11-14,16H,3-5,10H2,1-2H3,(H,23,25)/t14-,16+/m0/s1. The van der Waals surface area contributed by atoms with Crippen LogP contribution in [0.2, 0.25) is 0 Å². The van der Waals surface area contributed by atoms with Gasteiger partial charge in [0, 0.05) is 34.1 Å². The minimum atomic E-state index is 0.593. The lowest BCUT2D eigenvalue weighted by molar-refractivity contribution is 0.148. The van der Waals surface area contributed by atoms with Crippen LogP contribution in [0.25, 0.3) is 20.4 Å². The van der Waals surface area contributed by atoms with Crippen LogP contribution in [0.4, 0.5) is 11.4 Å². The molecule has 1 aromatic carbocycles. The van der Waals surface area contributed by atoms with Crippen molar-refractivity contribution in [3.63, 3.8) is 0 Å². The number of thiophene rings is 1. The van der Waals surface area contributed by atoms with E-state index in [0.717, 1.165) is 28.3 Å². The summed E-state index contributed by atoms with van der Waals surface area (Å²) in [4.78, 5) is 14.3. The van der Waals surface area contributed by atoms with Gasteiger partial charge in [0.25, 0.3) is 0 Å². The number of likely N-dealkylation sites (N-methyl/N-ethyl adjacent to an activating group) is 1. The largest absolute Gasteiger partial charge is 0.355 e. The number of nitrogens with one attached hydrogen (secondary N) is 1. The van der Waals surface area contributed by atoms with Gasteiger partial charge in [0.2, 0.25) is 0 Å². The van der Waals surface area contributed by atoms with E-state index in [9.17, 15) is 0 Å². The van der Waals surface area contributed by atoms with Gasteiger partial charge in [-0.05, 0) is 63.2 Å². The van der Waals surface area contributed by atoms with Gasteiger partial charge in [0.05, 0.1) is 21.4 Å². The van der Waals surface area contributed by atoms with Gasteiger partial charge in [-0.1, -0.05) is 6.92 Å². The van der Waals surface area contributed by atoms with Gasteiger partial charge in [-0.15, -0.1) is 22.7 Å². The molecule has 0 saturated carbocycles. The molecular weight excluding hydrogens is 384 g/mol. The topological polar surface area (TPSA) is 41.0 Å². The maximum absolute atomic E-state index is 4.66. The maximum atomic E-state index is 4.66. The minimum Gasteiger partial charge on any atom is -0.355 e. The number of aromatic nitrogens is 2. The molecule has 6 heteroatoms. The van der Waals surface area contributed by atoms with Crippen molar-refractivity contribution in [2.45, 2.75) is 38.6 Å². The van der Waals surface area contributed by atoms with Crippen LogP contribution in [0.3, 0.4) is 0 Å². The Hall–Kier alpha value is -2.02. The van der Waals surface area contributed by atoms with E-state index in [1.807, 2.05) is 23.0 Å². The van der Waals surface area contributed by atoms with Crippen molar-refractivity contribution in [2.24, 2.45) is 0 Å². The fourth-order valence-electron chi connectivity index (χ4n) is 4.38. The smallest absolute Gasteiger partial charge is 0.125 e. The Morgan fingerprint density at radius 1 is 1.21 bits per heavy atom. The Bertz CT molecular complexity index is 1120. The second-order valence-corrected chi connectivity index (χ2v) is 9.45. The molecular formula is C22H24N4S2. The van der Waals surface area contributed by atoms with Crippen LogP contribution in [0, 0.1) is 0 Å². The molecule has 1 saturated heterocycles. The average molecular weight is 409 g/mol. The van der Waals surface area contributed by atoms with E-state index < -0.39 is 0 Å². The molecule has 5 rings (SSSR count). The molecule has 1 fully saturated rings. The molecule has 4 nitrogen and oxygen atoms in total. The zero-order valence-electron chi connectivity index (χ0n) is 16.2. The number of hydrogen-bond donors (Lipinski definition) is 1. The Kier molecular flexibility index (Phi) is 4.78. The number of benzene rings is 1. The Balaban J connectivity index is 1.48. The molecule has 4 aromatic rings. The van der Waals surface area contributed by atoms with E-state index in [0.29, 0.717) is 12.0 Å². The van der Waals surface area contributed by atoms with Crippen molar-refractivity contribution in [3.8, 4) is 0 Å². The van der Waals surface area contributed by atoms with Gasteiger partial charge >= 0.3 is 0 Å². The lowest BCUT2D eigenvalue weighted by atomic mass is 9.89. The maximum Gasteiger partial charge on any atom is 0.125 e. The fraction of sp³-hybridized carbons (Fsp3) is 0.364.